The standard InChI is InChI=1S/C13H17FN2O2S.ClH/c14-12-3-1-2-4-13(12)19(17,18)16-6-5-10-7-15-8-11(10)9-16;/h1-4,10-11,15H,5-9H2;1H. The second-order valence-electron chi connectivity index (χ2n) is 5.26. The van der Waals surface area contributed by atoms with Crippen LogP contribution in [0.25, 0.3) is 0 Å². The van der Waals surface area contributed by atoms with Gasteiger partial charge in [-0.05, 0) is 43.5 Å². The van der Waals surface area contributed by atoms with Gasteiger partial charge < -0.3 is 5.32 Å². The monoisotopic (exact) mass is 320 g/mol. The van der Waals surface area contributed by atoms with E-state index in [0.717, 1.165) is 19.5 Å². The van der Waals surface area contributed by atoms with Gasteiger partial charge in [-0.1, -0.05) is 12.1 Å². The SMILES string of the molecule is Cl.O=S(=O)(c1ccccc1F)N1CCC2CNCC2C1. The second kappa shape index (κ2) is 5.97. The second-order valence-corrected chi connectivity index (χ2v) is 7.17. The van der Waals surface area contributed by atoms with E-state index in [0.29, 0.717) is 24.9 Å². The molecule has 1 aromatic carbocycles. The van der Waals surface area contributed by atoms with Crippen molar-refractivity contribution in [2.45, 2.75) is 11.3 Å². The van der Waals surface area contributed by atoms with Gasteiger partial charge in [0, 0.05) is 13.1 Å². The molecule has 0 radical (unpaired) electrons. The Morgan fingerprint density at radius 2 is 1.90 bits per heavy atom. The van der Waals surface area contributed by atoms with Crippen LogP contribution in [-0.2, 0) is 10.0 Å². The molecule has 3 rings (SSSR count). The molecule has 1 N–H and O–H groups in total. The number of hydrogen-bond donors (Lipinski definition) is 1. The summed E-state index contributed by atoms with van der Waals surface area (Å²) in [7, 11) is -3.70. The minimum Gasteiger partial charge on any atom is -0.316 e. The zero-order chi connectivity index (χ0) is 13.5. The van der Waals surface area contributed by atoms with E-state index in [1.165, 1.54) is 22.5 Å². The molecule has 0 saturated carbocycles. The van der Waals surface area contributed by atoms with E-state index >= 15 is 0 Å². The average Bonchev–Trinajstić information content (AvgIpc) is 2.86. The summed E-state index contributed by atoms with van der Waals surface area (Å²) in [5.74, 6) is 0.247. The van der Waals surface area contributed by atoms with Gasteiger partial charge in [-0.15, -0.1) is 12.4 Å². The van der Waals surface area contributed by atoms with Crippen LogP contribution in [-0.4, -0.2) is 38.9 Å². The maximum Gasteiger partial charge on any atom is 0.245 e. The molecule has 2 unspecified atom stereocenters. The molecule has 2 fully saturated rings. The van der Waals surface area contributed by atoms with Gasteiger partial charge in [0.15, 0.2) is 0 Å². The lowest BCUT2D eigenvalue weighted by molar-refractivity contribution is 0.227. The molecule has 0 amide bonds. The summed E-state index contributed by atoms with van der Waals surface area (Å²) in [6, 6.07) is 5.59. The van der Waals surface area contributed by atoms with Gasteiger partial charge in [-0.25, -0.2) is 12.8 Å². The molecule has 2 aliphatic heterocycles. The van der Waals surface area contributed by atoms with Crippen LogP contribution in [0.2, 0.25) is 0 Å². The summed E-state index contributed by atoms with van der Waals surface area (Å²) in [5.41, 5.74) is 0. The first-order valence-electron chi connectivity index (χ1n) is 6.54. The van der Waals surface area contributed by atoms with Gasteiger partial charge in [0.2, 0.25) is 10.0 Å². The Morgan fingerprint density at radius 1 is 1.20 bits per heavy atom. The predicted molar refractivity (Wildman–Crippen MR) is 76.9 cm³/mol. The van der Waals surface area contributed by atoms with Crippen molar-refractivity contribution in [2.75, 3.05) is 26.2 Å². The molecule has 112 valence electrons. The molecule has 2 aliphatic rings. The number of piperidine rings is 1. The van der Waals surface area contributed by atoms with Crippen LogP contribution < -0.4 is 5.32 Å². The number of nitrogens with one attached hydrogen (secondary N) is 1. The van der Waals surface area contributed by atoms with Crippen LogP contribution in [0, 0.1) is 17.7 Å². The molecule has 20 heavy (non-hydrogen) atoms. The summed E-state index contributed by atoms with van der Waals surface area (Å²) < 4.78 is 40.0. The van der Waals surface area contributed by atoms with E-state index in [1.807, 2.05) is 0 Å². The van der Waals surface area contributed by atoms with Gasteiger partial charge in [0.25, 0.3) is 0 Å². The Bertz CT molecular complexity index is 581. The van der Waals surface area contributed by atoms with E-state index in [9.17, 15) is 12.8 Å². The first-order valence-corrected chi connectivity index (χ1v) is 7.98. The number of fused-ring (bicyclic) bond motifs is 1. The zero-order valence-corrected chi connectivity index (χ0v) is 12.6. The van der Waals surface area contributed by atoms with Gasteiger partial charge in [0.1, 0.15) is 10.7 Å². The third-order valence-corrected chi connectivity index (χ3v) is 6.02. The summed E-state index contributed by atoms with van der Waals surface area (Å²) in [4.78, 5) is -0.209. The van der Waals surface area contributed by atoms with Crippen molar-refractivity contribution in [3.05, 3.63) is 30.1 Å². The fourth-order valence-electron chi connectivity index (χ4n) is 3.01. The van der Waals surface area contributed by atoms with Crippen LogP contribution in [0.3, 0.4) is 0 Å². The summed E-state index contributed by atoms with van der Waals surface area (Å²) in [6.07, 6.45) is 0.853. The minimum atomic E-state index is -3.70. The zero-order valence-electron chi connectivity index (χ0n) is 11.0. The van der Waals surface area contributed by atoms with Crippen molar-refractivity contribution in [2.24, 2.45) is 11.8 Å². The highest BCUT2D eigenvalue weighted by atomic mass is 35.5. The van der Waals surface area contributed by atoms with E-state index in [1.54, 1.807) is 6.07 Å². The Morgan fingerprint density at radius 3 is 2.65 bits per heavy atom. The average molecular weight is 321 g/mol. The molecule has 0 aliphatic carbocycles. The smallest absolute Gasteiger partial charge is 0.245 e. The molecule has 0 spiro atoms. The quantitative estimate of drug-likeness (QED) is 0.898. The number of hydrogen-bond acceptors (Lipinski definition) is 3. The predicted octanol–water partition coefficient (Wildman–Crippen LogP) is 1.48. The van der Waals surface area contributed by atoms with Crippen molar-refractivity contribution in [1.82, 2.24) is 9.62 Å². The number of rotatable bonds is 2. The highest BCUT2D eigenvalue weighted by Gasteiger charge is 2.38. The summed E-state index contributed by atoms with van der Waals surface area (Å²) in [5, 5.41) is 3.29. The van der Waals surface area contributed by atoms with E-state index < -0.39 is 15.8 Å². The van der Waals surface area contributed by atoms with Crippen molar-refractivity contribution in [3.8, 4) is 0 Å². The maximum absolute atomic E-state index is 13.7. The largest absolute Gasteiger partial charge is 0.316 e. The highest BCUT2D eigenvalue weighted by molar-refractivity contribution is 7.89. The highest BCUT2D eigenvalue weighted by Crippen LogP contribution is 2.30. The molecule has 2 heterocycles. The van der Waals surface area contributed by atoms with E-state index in [2.05, 4.69) is 5.32 Å². The lowest BCUT2D eigenvalue weighted by Gasteiger charge is -2.33. The van der Waals surface area contributed by atoms with Crippen LogP contribution in [0.5, 0.6) is 0 Å². The molecule has 2 atom stereocenters. The van der Waals surface area contributed by atoms with E-state index in [-0.39, 0.29) is 17.3 Å². The van der Waals surface area contributed by atoms with Crippen LogP contribution in [0.1, 0.15) is 6.42 Å². The number of sulfonamides is 1. The first kappa shape index (κ1) is 15.7. The van der Waals surface area contributed by atoms with Gasteiger partial charge in [-0.2, -0.15) is 4.31 Å². The third-order valence-electron chi connectivity index (χ3n) is 4.12. The molecule has 2 saturated heterocycles. The number of nitrogens with zero attached hydrogens (tertiary/aromatic N) is 1. The normalized spacial score (nSPS) is 26.9. The van der Waals surface area contributed by atoms with Crippen molar-refractivity contribution < 1.29 is 12.8 Å². The lowest BCUT2D eigenvalue weighted by atomic mass is 9.90. The number of benzene rings is 1. The topological polar surface area (TPSA) is 49.4 Å². The van der Waals surface area contributed by atoms with Crippen LogP contribution >= 0.6 is 12.4 Å². The molecular weight excluding hydrogens is 303 g/mol. The Balaban J connectivity index is 0.00000147. The van der Waals surface area contributed by atoms with Gasteiger partial charge in [-0.3, -0.25) is 0 Å². The maximum atomic E-state index is 13.7. The third kappa shape index (κ3) is 2.70. The van der Waals surface area contributed by atoms with Crippen molar-refractivity contribution in [3.63, 3.8) is 0 Å². The molecule has 4 nitrogen and oxygen atoms in total. The molecule has 7 heteroatoms. The fraction of sp³-hybridized carbons (Fsp3) is 0.538. The molecule has 0 bridgehead atoms. The van der Waals surface area contributed by atoms with Crippen molar-refractivity contribution in [1.29, 1.82) is 0 Å². The lowest BCUT2D eigenvalue weighted by Crippen LogP contribution is -2.43. The van der Waals surface area contributed by atoms with Gasteiger partial charge in [0.05, 0.1) is 0 Å². The van der Waals surface area contributed by atoms with Crippen LogP contribution in [0.15, 0.2) is 29.2 Å². The minimum absolute atomic E-state index is 0. The first-order chi connectivity index (χ1) is 9.09. The molecular formula is C13H18ClFN2O2S. The van der Waals surface area contributed by atoms with Crippen LogP contribution in [0.4, 0.5) is 4.39 Å². The number of halogens is 2. The Hall–Kier alpha value is -0.690. The summed E-state index contributed by atoms with van der Waals surface area (Å²) >= 11 is 0. The molecule has 1 aromatic rings. The molecule has 0 aromatic heterocycles. The Kier molecular flexibility index (Phi) is 4.69. The fourth-order valence-corrected chi connectivity index (χ4v) is 4.59. The van der Waals surface area contributed by atoms with E-state index in [4.69, 9.17) is 0 Å². The Labute approximate surface area is 124 Å². The summed E-state index contributed by atoms with van der Waals surface area (Å²) in [6.45, 7) is 2.81. The van der Waals surface area contributed by atoms with Crippen molar-refractivity contribution >= 4 is 22.4 Å². The van der Waals surface area contributed by atoms with Gasteiger partial charge >= 0.3 is 0 Å².